The molecule has 0 spiro atoms. The van der Waals surface area contributed by atoms with Crippen LogP contribution in [0.25, 0.3) is 56.1 Å². The molecule has 0 saturated carbocycles. The Morgan fingerprint density at radius 2 is 1.95 bits per heavy atom. The van der Waals surface area contributed by atoms with E-state index in [1.807, 2.05) is 25.4 Å². The summed E-state index contributed by atoms with van der Waals surface area (Å²) in [5.74, 6) is -0.0404. The highest BCUT2D eigenvalue weighted by molar-refractivity contribution is 7.88. The molecule has 37 heavy (non-hydrogen) atoms. The third kappa shape index (κ3) is 4.45. The second kappa shape index (κ2) is 8.57. The van der Waals surface area contributed by atoms with Gasteiger partial charge in [-0.15, -0.1) is 0 Å². The van der Waals surface area contributed by atoms with E-state index in [1.165, 1.54) is 12.1 Å². The summed E-state index contributed by atoms with van der Waals surface area (Å²) in [6, 6.07) is 9.90. The monoisotopic (exact) mass is 517 g/mol. The summed E-state index contributed by atoms with van der Waals surface area (Å²) >= 11 is 0. The standard InChI is InChI=1S/C24H20FN9O2S/c1-34-12-15(11-27-34)18-3-4-19-21(29-18)22(33-32-19)24-30-20-17(5-6-26-23(20)31-24)14-7-13(8-16(25)9-14)10-28-37(2,35)36/h3-9,11-12,28H,10H2,1-2H3,(H,32,33)(H,26,30,31). The van der Waals surface area contributed by atoms with Crippen molar-refractivity contribution >= 4 is 32.2 Å². The van der Waals surface area contributed by atoms with Crippen molar-refractivity contribution in [2.45, 2.75) is 6.54 Å². The predicted molar refractivity (Wildman–Crippen MR) is 136 cm³/mol. The molecule has 5 heterocycles. The Morgan fingerprint density at radius 1 is 1.08 bits per heavy atom. The van der Waals surface area contributed by atoms with Crippen LogP contribution in [0.15, 0.2) is 55.0 Å². The number of aryl methyl sites for hydroxylation is 1. The van der Waals surface area contributed by atoms with E-state index < -0.39 is 15.8 Å². The Kier molecular flexibility index (Phi) is 5.31. The molecule has 0 atom stereocenters. The van der Waals surface area contributed by atoms with Gasteiger partial charge >= 0.3 is 0 Å². The number of hydrogen-bond donors (Lipinski definition) is 3. The largest absolute Gasteiger partial charge is 0.321 e. The number of rotatable bonds is 6. The number of nitrogens with one attached hydrogen (secondary N) is 3. The summed E-state index contributed by atoms with van der Waals surface area (Å²) in [6.07, 6.45) is 6.27. The molecule has 6 rings (SSSR count). The molecular formula is C24H20FN9O2S. The number of fused-ring (bicyclic) bond motifs is 2. The summed E-state index contributed by atoms with van der Waals surface area (Å²) in [4.78, 5) is 17.1. The number of H-pyrrole nitrogens is 2. The van der Waals surface area contributed by atoms with Crippen LogP contribution in [0.1, 0.15) is 5.56 Å². The molecule has 6 aromatic rings. The fourth-order valence-electron chi connectivity index (χ4n) is 4.16. The normalized spacial score (nSPS) is 12.1. The minimum absolute atomic E-state index is 0.0339. The summed E-state index contributed by atoms with van der Waals surface area (Å²) < 4.78 is 41.5. The maximum atomic E-state index is 14.5. The van der Waals surface area contributed by atoms with Crippen LogP contribution in [0.2, 0.25) is 0 Å². The van der Waals surface area contributed by atoms with Crippen LogP contribution >= 0.6 is 0 Å². The summed E-state index contributed by atoms with van der Waals surface area (Å²) in [5.41, 5.74) is 6.17. The molecule has 0 saturated heterocycles. The third-order valence-corrected chi connectivity index (χ3v) is 6.49. The Morgan fingerprint density at radius 3 is 2.73 bits per heavy atom. The van der Waals surface area contributed by atoms with Gasteiger partial charge in [-0.1, -0.05) is 0 Å². The van der Waals surface area contributed by atoms with Gasteiger partial charge in [-0.25, -0.2) is 32.5 Å². The zero-order valence-electron chi connectivity index (χ0n) is 19.7. The molecule has 13 heteroatoms. The fourth-order valence-corrected chi connectivity index (χ4v) is 4.59. The van der Waals surface area contributed by atoms with Crippen LogP contribution < -0.4 is 4.72 Å². The first-order valence-electron chi connectivity index (χ1n) is 11.2. The number of hydrogen-bond acceptors (Lipinski definition) is 7. The van der Waals surface area contributed by atoms with Crippen molar-refractivity contribution < 1.29 is 12.8 Å². The van der Waals surface area contributed by atoms with E-state index in [9.17, 15) is 12.8 Å². The quantitative estimate of drug-likeness (QED) is 0.307. The van der Waals surface area contributed by atoms with Crippen molar-refractivity contribution in [1.82, 2.24) is 44.6 Å². The first-order valence-corrected chi connectivity index (χ1v) is 13.1. The first kappa shape index (κ1) is 22.9. The second-order valence-electron chi connectivity index (χ2n) is 8.65. The van der Waals surface area contributed by atoms with Crippen LogP contribution in [0.4, 0.5) is 4.39 Å². The summed E-state index contributed by atoms with van der Waals surface area (Å²) in [7, 11) is -1.59. The van der Waals surface area contributed by atoms with E-state index in [0.29, 0.717) is 44.9 Å². The van der Waals surface area contributed by atoms with Crippen molar-refractivity contribution in [2.75, 3.05) is 6.26 Å². The van der Waals surface area contributed by atoms with Crippen molar-refractivity contribution in [3.8, 4) is 33.9 Å². The Bertz CT molecular complexity index is 1910. The minimum atomic E-state index is -3.43. The summed E-state index contributed by atoms with van der Waals surface area (Å²) in [6.45, 7) is -0.0339. The lowest BCUT2D eigenvalue weighted by Crippen LogP contribution is -2.21. The van der Waals surface area contributed by atoms with E-state index in [4.69, 9.17) is 9.97 Å². The lowest BCUT2D eigenvalue weighted by Gasteiger charge is -2.07. The van der Waals surface area contributed by atoms with Gasteiger partial charge in [0.25, 0.3) is 0 Å². The third-order valence-electron chi connectivity index (χ3n) is 5.82. The molecule has 3 N–H and O–H groups in total. The molecule has 0 amide bonds. The average molecular weight is 518 g/mol. The van der Waals surface area contributed by atoms with Crippen LogP contribution in [0.3, 0.4) is 0 Å². The van der Waals surface area contributed by atoms with Crippen LogP contribution in [-0.4, -0.2) is 54.6 Å². The van der Waals surface area contributed by atoms with Crippen LogP contribution in [0, 0.1) is 5.82 Å². The number of aromatic nitrogens is 8. The SMILES string of the molecule is Cn1cc(-c2ccc3[nH]nc(-c4nc5c(-c6cc(F)cc(CNS(C)(=O)=O)c6)ccnc5[nH]4)c3n2)cn1. The number of aromatic amines is 2. The van der Waals surface area contributed by atoms with Crippen molar-refractivity contribution in [2.24, 2.45) is 7.05 Å². The molecule has 11 nitrogen and oxygen atoms in total. The predicted octanol–water partition coefficient (Wildman–Crippen LogP) is 3.15. The molecule has 0 aliphatic heterocycles. The lowest BCUT2D eigenvalue weighted by atomic mass is 10.0. The minimum Gasteiger partial charge on any atom is -0.321 e. The number of sulfonamides is 1. The maximum absolute atomic E-state index is 14.5. The topological polar surface area (TPSA) is 147 Å². The Balaban J connectivity index is 1.43. The number of benzene rings is 1. The summed E-state index contributed by atoms with van der Waals surface area (Å²) in [5, 5.41) is 11.6. The van der Waals surface area contributed by atoms with Gasteiger partial charge in [0.05, 0.1) is 23.7 Å². The molecule has 0 unspecified atom stereocenters. The molecule has 5 aromatic heterocycles. The number of imidazole rings is 1. The van der Waals surface area contributed by atoms with Crippen LogP contribution in [-0.2, 0) is 23.6 Å². The molecule has 0 fully saturated rings. The van der Waals surface area contributed by atoms with Gasteiger partial charge < -0.3 is 4.98 Å². The average Bonchev–Trinajstić information content (AvgIpc) is 3.58. The van der Waals surface area contributed by atoms with Crippen molar-refractivity contribution in [1.29, 1.82) is 0 Å². The Labute approximate surface area is 209 Å². The second-order valence-corrected chi connectivity index (χ2v) is 10.5. The smallest absolute Gasteiger partial charge is 0.209 e. The fraction of sp³-hybridized carbons (Fsp3) is 0.125. The number of pyridine rings is 2. The van der Waals surface area contributed by atoms with Gasteiger partial charge in [0.15, 0.2) is 17.2 Å². The van der Waals surface area contributed by atoms with Crippen molar-refractivity contribution in [3.63, 3.8) is 0 Å². The van der Waals surface area contributed by atoms with Crippen LogP contribution in [0.5, 0.6) is 0 Å². The van der Waals surface area contributed by atoms with E-state index in [1.54, 1.807) is 29.2 Å². The van der Waals surface area contributed by atoms with Gasteiger partial charge in [0.1, 0.15) is 16.9 Å². The zero-order valence-corrected chi connectivity index (χ0v) is 20.5. The number of nitrogens with zero attached hydrogens (tertiary/aromatic N) is 6. The van der Waals surface area contributed by atoms with Gasteiger partial charge in [0.2, 0.25) is 10.0 Å². The van der Waals surface area contributed by atoms with Crippen molar-refractivity contribution in [3.05, 3.63) is 66.4 Å². The van der Waals surface area contributed by atoms with E-state index >= 15 is 0 Å². The highest BCUT2D eigenvalue weighted by Gasteiger charge is 2.18. The first-order chi connectivity index (χ1) is 17.7. The molecule has 0 aliphatic rings. The van der Waals surface area contributed by atoms with E-state index in [0.717, 1.165) is 23.0 Å². The highest BCUT2D eigenvalue weighted by atomic mass is 32.2. The molecule has 0 bridgehead atoms. The molecule has 186 valence electrons. The maximum Gasteiger partial charge on any atom is 0.209 e. The van der Waals surface area contributed by atoms with Gasteiger partial charge in [-0.2, -0.15) is 10.2 Å². The zero-order chi connectivity index (χ0) is 25.7. The highest BCUT2D eigenvalue weighted by Crippen LogP contribution is 2.31. The van der Waals surface area contributed by atoms with Gasteiger partial charge in [0, 0.05) is 37.1 Å². The van der Waals surface area contributed by atoms with E-state index in [2.05, 4.69) is 30.0 Å². The van der Waals surface area contributed by atoms with Gasteiger partial charge in [-0.3, -0.25) is 9.78 Å². The number of halogens is 1. The van der Waals surface area contributed by atoms with Gasteiger partial charge in [-0.05, 0) is 47.5 Å². The molecule has 0 aliphatic carbocycles. The van der Waals surface area contributed by atoms with E-state index in [-0.39, 0.29) is 6.54 Å². The lowest BCUT2D eigenvalue weighted by molar-refractivity contribution is 0.586. The molecule has 0 radical (unpaired) electrons. The molecular weight excluding hydrogens is 497 g/mol. The Hall–Kier alpha value is -4.49. The molecule has 1 aromatic carbocycles.